The van der Waals surface area contributed by atoms with Crippen molar-refractivity contribution in [3.63, 3.8) is 0 Å². The normalized spacial score (nSPS) is 9.88. The summed E-state index contributed by atoms with van der Waals surface area (Å²) in [4.78, 5) is 13.9. The van der Waals surface area contributed by atoms with E-state index in [0.29, 0.717) is 12.4 Å². The van der Waals surface area contributed by atoms with Gasteiger partial charge in [-0.05, 0) is 29.8 Å². The number of benzene rings is 1. The van der Waals surface area contributed by atoms with E-state index in [-0.39, 0.29) is 5.69 Å². The van der Waals surface area contributed by atoms with Gasteiger partial charge in [0.15, 0.2) is 0 Å². The third-order valence-electron chi connectivity index (χ3n) is 2.20. The molecule has 1 aromatic heterocycles. The number of nitrogens with zero attached hydrogens (tertiary/aromatic N) is 2. The topological polar surface area (TPSA) is 65.3 Å². The second-order valence-corrected chi connectivity index (χ2v) is 3.40. The third kappa shape index (κ3) is 3.01. The van der Waals surface area contributed by atoms with Crippen LogP contribution in [-0.4, -0.2) is 9.91 Å². The number of hydrogen-bond donors (Lipinski definition) is 0. The van der Waals surface area contributed by atoms with Crippen LogP contribution in [0, 0.1) is 10.1 Å². The molecule has 0 aliphatic heterocycles. The fourth-order valence-electron chi connectivity index (χ4n) is 1.31. The fourth-order valence-corrected chi connectivity index (χ4v) is 1.31. The largest absolute Gasteiger partial charge is 0.489 e. The zero-order valence-electron chi connectivity index (χ0n) is 8.95. The molecule has 17 heavy (non-hydrogen) atoms. The molecule has 2 rings (SSSR count). The minimum Gasteiger partial charge on any atom is -0.489 e. The van der Waals surface area contributed by atoms with Gasteiger partial charge in [-0.25, -0.2) is 0 Å². The first-order valence-corrected chi connectivity index (χ1v) is 5.02. The molecule has 0 spiro atoms. The number of non-ortho nitro benzene ring substituents is 1. The Kier molecular flexibility index (Phi) is 3.30. The lowest BCUT2D eigenvalue weighted by molar-refractivity contribution is -0.384. The zero-order chi connectivity index (χ0) is 12.1. The summed E-state index contributed by atoms with van der Waals surface area (Å²) >= 11 is 0. The Hall–Kier alpha value is -2.43. The summed E-state index contributed by atoms with van der Waals surface area (Å²) in [5.74, 6) is 0.604. The summed E-state index contributed by atoms with van der Waals surface area (Å²) in [7, 11) is 0. The molecule has 0 bridgehead atoms. The first-order valence-electron chi connectivity index (χ1n) is 5.02. The second-order valence-electron chi connectivity index (χ2n) is 3.40. The Balaban J connectivity index is 1.98. The molecule has 0 saturated heterocycles. The predicted octanol–water partition coefficient (Wildman–Crippen LogP) is 2.57. The number of ether oxygens (including phenoxy) is 1. The average molecular weight is 230 g/mol. The van der Waals surface area contributed by atoms with Crippen molar-refractivity contribution in [2.45, 2.75) is 6.61 Å². The number of pyridine rings is 1. The molecule has 5 nitrogen and oxygen atoms in total. The number of rotatable bonds is 4. The third-order valence-corrected chi connectivity index (χ3v) is 2.20. The van der Waals surface area contributed by atoms with Gasteiger partial charge in [-0.1, -0.05) is 0 Å². The lowest BCUT2D eigenvalue weighted by atomic mass is 10.3. The maximum Gasteiger partial charge on any atom is 0.269 e. The van der Waals surface area contributed by atoms with Crippen LogP contribution in [0.25, 0.3) is 0 Å². The summed E-state index contributed by atoms with van der Waals surface area (Å²) in [6, 6.07) is 9.71. The number of nitro benzene ring substituents is 1. The molecule has 2 aromatic rings. The first-order chi connectivity index (χ1) is 8.25. The van der Waals surface area contributed by atoms with Gasteiger partial charge >= 0.3 is 0 Å². The standard InChI is InChI=1S/C12H10N2O3/c15-14(16)11-1-3-12(4-2-11)17-9-10-5-7-13-8-6-10/h1-8H,9H2. The Labute approximate surface area is 97.8 Å². The quantitative estimate of drug-likeness (QED) is 0.598. The molecule has 1 heterocycles. The highest BCUT2D eigenvalue weighted by molar-refractivity contribution is 5.36. The van der Waals surface area contributed by atoms with Crippen LogP contribution < -0.4 is 4.74 Å². The molecule has 0 aliphatic rings. The van der Waals surface area contributed by atoms with E-state index < -0.39 is 4.92 Å². The van der Waals surface area contributed by atoms with E-state index in [1.54, 1.807) is 24.5 Å². The van der Waals surface area contributed by atoms with Crippen LogP contribution in [0.15, 0.2) is 48.8 Å². The average Bonchev–Trinajstić information content (AvgIpc) is 2.38. The Morgan fingerprint density at radius 3 is 2.35 bits per heavy atom. The molecule has 0 N–H and O–H groups in total. The fraction of sp³-hybridized carbons (Fsp3) is 0.0833. The van der Waals surface area contributed by atoms with E-state index in [1.807, 2.05) is 12.1 Å². The maximum atomic E-state index is 10.4. The van der Waals surface area contributed by atoms with Crippen molar-refractivity contribution < 1.29 is 9.66 Å². The smallest absolute Gasteiger partial charge is 0.269 e. The van der Waals surface area contributed by atoms with E-state index in [0.717, 1.165) is 5.56 Å². The maximum absolute atomic E-state index is 10.4. The van der Waals surface area contributed by atoms with Gasteiger partial charge in [-0.3, -0.25) is 15.1 Å². The van der Waals surface area contributed by atoms with Crippen LogP contribution in [0.3, 0.4) is 0 Å². The molecule has 5 heteroatoms. The van der Waals surface area contributed by atoms with Gasteiger partial charge in [0, 0.05) is 24.5 Å². The Morgan fingerprint density at radius 1 is 1.12 bits per heavy atom. The summed E-state index contributed by atoms with van der Waals surface area (Å²) in [6.07, 6.45) is 3.38. The highest BCUT2D eigenvalue weighted by atomic mass is 16.6. The molecule has 0 fully saturated rings. The van der Waals surface area contributed by atoms with Crippen molar-refractivity contribution in [1.29, 1.82) is 0 Å². The van der Waals surface area contributed by atoms with Gasteiger partial charge in [-0.15, -0.1) is 0 Å². The SMILES string of the molecule is O=[N+]([O-])c1ccc(OCc2ccncc2)cc1. The zero-order valence-corrected chi connectivity index (χ0v) is 8.95. The van der Waals surface area contributed by atoms with Crippen molar-refractivity contribution in [2.75, 3.05) is 0 Å². The second kappa shape index (κ2) is 5.07. The molecule has 0 amide bonds. The number of hydrogen-bond acceptors (Lipinski definition) is 4. The van der Waals surface area contributed by atoms with Crippen molar-refractivity contribution in [1.82, 2.24) is 4.98 Å². The highest BCUT2D eigenvalue weighted by Gasteiger charge is 2.04. The lowest BCUT2D eigenvalue weighted by Gasteiger charge is -2.05. The van der Waals surface area contributed by atoms with E-state index >= 15 is 0 Å². The molecule has 0 radical (unpaired) electrons. The van der Waals surface area contributed by atoms with E-state index in [1.165, 1.54) is 12.1 Å². The molecule has 0 aliphatic carbocycles. The van der Waals surface area contributed by atoms with Crippen molar-refractivity contribution in [3.05, 3.63) is 64.5 Å². The van der Waals surface area contributed by atoms with Crippen LogP contribution in [0.5, 0.6) is 5.75 Å². The lowest BCUT2D eigenvalue weighted by Crippen LogP contribution is -1.95. The monoisotopic (exact) mass is 230 g/mol. The molecular weight excluding hydrogens is 220 g/mol. The molecule has 0 unspecified atom stereocenters. The van der Waals surface area contributed by atoms with Crippen LogP contribution in [0.4, 0.5) is 5.69 Å². The van der Waals surface area contributed by atoms with E-state index in [2.05, 4.69) is 4.98 Å². The van der Waals surface area contributed by atoms with Gasteiger partial charge in [-0.2, -0.15) is 0 Å². The van der Waals surface area contributed by atoms with Crippen LogP contribution in [0.2, 0.25) is 0 Å². The first kappa shape index (κ1) is 11.1. The van der Waals surface area contributed by atoms with Crippen molar-refractivity contribution in [3.8, 4) is 5.75 Å². The van der Waals surface area contributed by atoms with Gasteiger partial charge in [0.05, 0.1) is 4.92 Å². The number of aromatic nitrogens is 1. The number of nitro groups is 1. The van der Waals surface area contributed by atoms with Crippen LogP contribution in [0.1, 0.15) is 5.56 Å². The Morgan fingerprint density at radius 2 is 1.76 bits per heavy atom. The molecule has 1 aromatic carbocycles. The highest BCUT2D eigenvalue weighted by Crippen LogP contribution is 2.18. The van der Waals surface area contributed by atoms with E-state index in [9.17, 15) is 10.1 Å². The van der Waals surface area contributed by atoms with Gasteiger partial charge in [0.25, 0.3) is 5.69 Å². The summed E-state index contributed by atoms with van der Waals surface area (Å²) in [5, 5.41) is 10.4. The summed E-state index contributed by atoms with van der Waals surface area (Å²) in [5.41, 5.74) is 1.06. The van der Waals surface area contributed by atoms with Gasteiger partial charge in [0.2, 0.25) is 0 Å². The molecule has 0 saturated carbocycles. The van der Waals surface area contributed by atoms with Gasteiger partial charge < -0.3 is 4.74 Å². The molecule has 0 atom stereocenters. The minimum absolute atomic E-state index is 0.0567. The summed E-state index contributed by atoms with van der Waals surface area (Å²) < 4.78 is 5.48. The van der Waals surface area contributed by atoms with E-state index in [4.69, 9.17) is 4.74 Å². The Bertz CT molecular complexity index is 497. The van der Waals surface area contributed by atoms with Crippen molar-refractivity contribution >= 4 is 5.69 Å². The van der Waals surface area contributed by atoms with Gasteiger partial charge in [0.1, 0.15) is 12.4 Å². The van der Waals surface area contributed by atoms with Crippen LogP contribution >= 0.6 is 0 Å². The predicted molar refractivity (Wildman–Crippen MR) is 61.7 cm³/mol. The van der Waals surface area contributed by atoms with Crippen molar-refractivity contribution in [2.24, 2.45) is 0 Å². The molecule has 86 valence electrons. The molecular formula is C12H10N2O3. The summed E-state index contributed by atoms with van der Waals surface area (Å²) in [6.45, 7) is 0.417. The minimum atomic E-state index is -0.438. The van der Waals surface area contributed by atoms with Crippen LogP contribution in [-0.2, 0) is 6.61 Å².